The normalized spacial score (nSPS) is 20.8. The minimum absolute atomic E-state index is 0. The molecule has 7 heteroatoms. The van der Waals surface area contributed by atoms with Gasteiger partial charge in [-0.2, -0.15) is 0 Å². The van der Waals surface area contributed by atoms with Gasteiger partial charge in [-0.1, -0.05) is 13.0 Å². The lowest BCUT2D eigenvalue weighted by Gasteiger charge is -2.49. The standard InChI is InChI=1S/C20H29N3O2.2ClH/c1-3-20(8-12-25-13-9-20)22-10-6-16(7-11-22)23-18-14-15(2)4-5-17(18)21-19(23)24;;/h4-5,14,16H,3,6-13H2,1-2H3,(H,21,24);2*1H. The lowest BCUT2D eigenvalue weighted by molar-refractivity contribution is -0.0432. The molecule has 0 amide bonds. The van der Waals surface area contributed by atoms with Gasteiger partial charge in [-0.3, -0.25) is 9.47 Å². The van der Waals surface area contributed by atoms with Gasteiger partial charge in [-0.05, 0) is 56.7 Å². The molecule has 2 aromatic rings. The predicted octanol–water partition coefficient (Wildman–Crippen LogP) is 4.08. The number of benzene rings is 1. The average molecular weight is 416 g/mol. The van der Waals surface area contributed by atoms with Gasteiger partial charge >= 0.3 is 5.69 Å². The van der Waals surface area contributed by atoms with Crippen LogP contribution in [-0.2, 0) is 4.74 Å². The number of nitrogens with zero attached hydrogens (tertiary/aromatic N) is 2. The number of fused-ring (bicyclic) bond motifs is 1. The number of halogens is 2. The Bertz CT molecular complexity index is 803. The molecule has 1 aromatic heterocycles. The van der Waals surface area contributed by atoms with Gasteiger partial charge in [0.15, 0.2) is 0 Å². The van der Waals surface area contributed by atoms with Crippen LogP contribution in [0.4, 0.5) is 0 Å². The van der Waals surface area contributed by atoms with Crippen molar-refractivity contribution in [3.8, 4) is 0 Å². The maximum absolute atomic E-state index is 12.5. The first kappa shape index (κ1) is 22.3. The number of hydrogen-bond acceptors (Lipinski definition) is 3. The van der Waals surface area contributed by atoms with E-state index in [4.69, 9.17) is 4.74 Å². The first-order chi connectivity index (χ1) is 12.1. The summed E-state index contributed by atoms with van der Waals surface area (Å²) in [5, 5.41) is 0. The van der Waals surface area contributed by atoms with Gasteiger partial charge in [0.05, 0.1) is 11.0 Å². The van der Waals surface area contributed by atoms with E-state index in [-0.39, 0.29) is 30.5 Å². The zero-order chi connectivity index (χ0) is 17.4. The highest BCUT2D eigenvalue weighted by atomic mass is 35.5. The number of likely N-dealkylation sites (tertiary alicyclic amines) is 1. The number of aryl methyl sites for hydroxylation is 1. The van der Waals surface area contributed by atoms with Crippen molar-refractivity contribution in [2.75, 3.05) is 26.3 Å². The van der Waals surface area contributed by atoms with Crippen molar-refractivity contribution in [2.24, 2.45) is 0 Å². The molecule has 0 aliphatic carbocycles. The van der Waals surface area contributed by atoms with E-state index in [9.17, 15) is 4.79 Å². The summed E-state index contributed by atoms with van der Waals surface area (Å²) in [5.41, 5.74) is 3.55. The molecule has 2 saturated heterocycles. The van der Waals surface area contributed by atoms with Crippen molar-refractivity contribution in [1.29, 1.82) is 0 Å². The number of aromatic amines is 1. The quantitative estimate of drug-likeness (QED) is 0.821. The molecule has 2 aliphatic heterocycles. The Morgan fingerprint density at radius 1 is 1.19 bits per heavy atom. The number of nitrogens with one attached hydrogen (secondary N) is 1. The Kier molecular flexibility index (Phi) is 7.42. The highest BCUT2D eigenvalue weighted by Gasteiger charge is 2.39. The zero-order valence-electron chi connectivity index (χ0n) is 16.2. The van der Waals surface area contributed by atoms with Crippen LogP contribution in [0.3, 0.4) is 0 Å². The van der Waals surface area contributed by atoms with Crippen LogP contribution in [-0.4, -0.2) is 46.3 Å². The molecule has 0 unspecified atom stereocenters. The van der Waals surface area contributed by atoms with Gasteiger partial charge in [0.2, 0.25) is 0 Å². The van der Waals surface area contributed by atoms with E-state index in [0.717, 1.165) is 63.0 Å². The zero-order valence-corrected chi connectivity index (χ0v) is 17.8. The van der Waals surface area contributed by atoms with E-state index < -0.39 is 0 Å². The number of aromatic nitrogens is 2. The molecular weight excluding hydrogens is 385 g/mol. The molecule has 0 radical (unpaired) electrons. The van der Waals surface area contributed by atoms with Crippen LogP contribution in [0.5, 0.6) is 0 Å². The molecule has 0 saturated carbocycles. The Balaban J connectivity index is 0.00000131. The summed E-state index contributed by atoms with van der Waals surface area (Å²) >= 11 is 0. The van der Waals surface area contributed by atoms with E-state index in [1.54, 1.807) is 0 Å². The number of piperidine rings is 1. The van der Waals surface area contributed by atoms with E-state index in [2.05, 4.69) is 35.9 Å². The number of ether oxygens (including phenoxy) is 1. The topological polar surface area (TPSA) is 50.3 Å². The Morgan fingerprint density at radius 3 is 2.48 bits per heavy atom. The second kappa shape index (κ2) is 8.99. The molecule has 0 bridgehead atoms. The highest BCUT2D eigenvalue weighted by molar-refractivity contribution is 5.85. The third kappa shape index (κ3) is 4.07. The molecule has 1 aromatic carbocycles. The van der Waals surface area contributed by atoms with Crippen LogP contribution in [0, 0.1) is 6.92 Å². The maximum Gasteiger partial charge on any atom is 0.326 e. The van der Waals surface area contributed by atoms with Gasteiger partial charge in [-0.25, -0.2) is 4.79 Å². The van der Waals surface area contributed by atoms with Gasteiger partial charge < -0.3 is 9.72 Å². The predicted molar refractivity (Wildman–Crippen MR) is 115 cm³/mol. The SMILES string of the molecule is CCC1(N2CCC(n3c(=O)[nH]c4ccc(C)cc43)CC2)CCOCC1.Cl.Cl. The number of hydrogen-bond donors (Lipinski definition) is 1. The second-order valence-electron chi connectivity index (χ2n) is 7.73. The van der Waals surface area contributed by atoms with Crippen LogP contribution in [0.25, 0.3) is 11.0 Å². The Morgan fingerprint density at radius 2 is 1.85 bits per heavy atom. The van der Waals surface area contributed by atoms with Gasteiger partial charge in [0, 0.05) is 37.9 Å². The smallest absolute Gasteiger partial charge is 0.326 e. The van der Waals surface area contributed by atoms with Crippen LogP contribution in [0.2, 0.25) is 0 Å². The second-order valence-corrected chi connectivity index (χ2v) is 7.73. The first-order valence-electron chi connectivity index (χ1n) is 9.67. The Labute approximate surface area is 173 Å². The summed E-state index contributed by atoms with van der Waals surface area (Å²) in [6.45, 7) is 8.31. The largest absolute Gasteiger partial charge is 0.381 e. The number of H-pyrrole nitrogens is 1. The summed E-state index contributed by atoms with van der Waals surface area (Å²) in [6.07, 6.45) is 5.56. The van der Waals surface area contributed by atoms with Crippen LogP contribution in [0.1, 0.15) is 50.6 Å². The fraction of sp³-hybridized carbons (Fsp3) is 0.650. The number of imidazole rings is 1. The van der Waals surface area contributed by atoms with Crippen molar-refractivity contribution >= 4 is 35.8 Å². The van der Waals surface area contributed by atoms with E-state index in [0.29, 0.717) is 11.6 Å². The summed E-state index contributed by atoms with van der Waals surface area (Å²) in [5.74, 6) is 0. The monoisotopic (exact) mass is 415 g/mol. The van der Waals surface area contributed by atoms with Crippen LogP contribution < -0.4 is 5.69 Å². The molecule has 4 rings (SSSR count). The molecular formula is C20H31Cl2N3O2. The van der Waals surface area contributed by atoms with E-state index in [1.165, 1.54) is 12.0 Å². The highest BCUT2D eigenvalue weighted by Crippen LogP contribution is 2.36. The molecule has 27 heavy (non-hydrogen) atoms. The molecule has 0 atom stereocenters. The van der Waals surface area contributed by atoms with Crippen LogP contribution in [0.15, 0.2) is 23.0 Å². The van der Waals surface area contributed by atoms with E-state index >= 15 is 0 Å². The van der Waals surface area contributed by atoms with Crippen molar-refractivity contribution in [3.05, 3.63) is 34.2 Å². The summed E-state index contributed by atoms with van der Waals surface area (Å²) < 4.78 is 7.60. The molecule has 2 aliphatic rings. The van der Waals surface area contributed by atoms with Crippen LogP contribution >= 0.6 is 24.8 Å². The minimum Gasteiger partial charge on any atom is -0.381 e. The summed E-state index contributed by atoms with van der Waals surface area (Å²) in [7, 11) is 0. The molecule has 0 spiro atoms. The first-order valence-corrected chi connectivity index (χ1v) is 9.67. The Hall–Kier alpha value is -1.01. The maximum atomic E-state index is 12.5. The molecule has 2 fully saturated rings. The molecule has 5 nitrogen and oxygen atoms in total. The summed E-state index contributed by atoms with van der Waals surface area (Å²) in [6, 6.07) is 6.51. The molecule has 3 heterocycles. The third-order valence-corrected chi connectivity index (χ3v) is 6.46. The fourth-order valence-electron chi connectivity index (χ4n) is 4.84. The minimum atomic E-state index is 0. The third-order valence-electron chi connectivity index (χ3n) is 6.46. The molecule has 152 valence electrons. The van der Waals surface area contributed by atoms with Gasteiger partial charge in [-0.15, -0.1) is 24.8 Å². The van der Waals surface area contributed by atoms with Crippen molar-refractivity contribution < 1.29 is 4.74 Å². The fourth-order valence-corrected chi connectivity index (χ4v) is 4.84. The summed E-state index contributed by atoms with van der Waals surface area (Å²) in [4.78, 5) is 18.2. The van der Waals surface area contributed by atoms with Crippen molar-refractivity contribution in [2.45, 2.75) is 57.5 Å². The van der Waals surface area contributed by atoms with Gasteiger partial charge in [0.1, 0.15) is 0 Å². The lowest BCUT2D eigenvalue weighted by Crippen LogP contribution is -2.54. The van der Waals surface area contributed by atoms with E-state index in [1.807, 2.05) is 10.6 Å². The molecule has 1 N–H and O–H groups in total. The lowest BCUT2D eigenvalue weighted by atomic mass is 9.83. The average Bonchev–Trinajstić information content (AvgIpc) is 2.97. The number of rotatable bonds is 3. The van der Waals surface area contributed by atoms with Crippen molar-refractivity contribution in [1.82, 2.24) is 14.5 Å². The van der Waals surface area contributed by atoms with Gasteiger partial charge in [0.25, 0.3) is 0 Å². The van der Waals surface area contributed by atoms with Crippen molar-refractivity contribution in [3.63, 3.8) is 0 Å².